The zero-order valence-electron chi connectivity index (χ0n) is 14.0. The number of hydrogen-bond donors (Lipinski definition) is 3. The summed E-state index contributed by atoms with van der Waals surface area (Å²) in [5.41, 5.74) is 5.02. The van der Waals surface area contributed by atoms with E-state index in [1.807, 2.05) is 0 Å². The first-order valence-electron chi connectivity index (χ1n) is 8.08. The van der Waals surface area contributed by atoms with Crippen LogP contribution < -0.4 is 11.1 Å². The molecule has 1 saturated carbocycles. The maximum atomic E-state index is 14.0. The highest BCUT2D eigenvalue weighted by Gasteiger charge is 2.52. The van der Waals surface area contributed by atoms with Crippen molar-refractivity contribution in [2.24, 2.45) is 10.7 Å². The molecular formula is C19H16F3N3O2. The molecule has 4 N–H and O–H groups in total. The molecule has 8 heteroatoms. The zero-order chi connectivity index (χ0) is 19.6. The van der Waals surface area contributed by atoms with Crippen molar-refractivity contribution in [3.8, 4) is 5.75 Å². The average Bonchev–Trinajstić information content (AvgIpc) is 3.42. The Labute approximate surface area is 153 Å². The Morgan fingerprint density at radius 3 is 2.37 bits per heavy atom. The summed E-state index contributed by atoms with van der Waals surface area (Å²) >= 11 is 0. The van der Waals surface area contributed by atoms with Gasteiger partial charge in [-0.3, -0.25) is 4.79 Å². The summed E-state index contributed by atoms with van der Waals surface area (Å²) < 4.78 is 40.5. The number of phenols is 1. The lowest BCUT2D eigenvalue weighted by Crippen LogP contribution is -2.23. The van der Waals surface area contributed by atoms with Crippen molar-refractivity contribution >= 4 is 17.4 Å². The molecule has 2 aromatic carbocycles. The quantitative estimate of drug-likeness (QED) is 0.425. The predicted molar refractivity (Wildman–Crippen MR) is 94.7 cm³/mol. The first-order chi connectivity index (χ1) is 12.8. The van der Waals surface area contributed by atoms with Crippen LogP contribution in [0.1, 0.15) is 18.4 Å². The maximum absolute atomic E-state index is 14.0. The largest absolute Gasteiger partial charge is 0.503 e. The first kappa shape index (κ1) is 18.5. The summed E-state index contributed by atoms with van der Waals surface area (Å²) in [4.78, 5) is 16.2. The van der Waals surface area contributed by atoms with E-state index in [0.717, 1.165) is 12.1 Å². The third kappa shape index (κ3) is 3.79. The molecule has 0 unspecified atom stereocenters. The fourth-order valence-electron chi connectivity index (χ4n) is 2.71. The van der Waals surface area contributed by atoms with E-state index >= 15 is 0 Å². The SMILES string of the molecule is NC(/C=C\Nc1cc(F)c(O)c(F)c1)=NC(=O)C1(c2ccccc2F)CC1. The van der Waals surface area contributed by atoms with Crippen molar-refractivity contribution in [3.05, 3.63) is 71.7 Å². The topological polar surface area (TPSA) is 87.7 Å². The van der Waals surface area contributed by atoms with Gasteiger partial charge < -0.3 is 16.2 Å². The Bertz CT molecular complexity index is 930. The molecule has 3 rings (SSSR count). The molecule has 0 bridgehead atoms. The highest BCUT2D eigenvalue weighted by atomic mass is 19.1. The molecule has 140 valence electrons. The second-order valence-corrected chi connectivity index (χ2v) is 6.17. The van der Waals surface area contributed by atoms with E-state index in [9.17, 15) is 18.0 Å². The highest BCUT2D eigenvalue weighted by Crippen LogP contribution is 2.50. The van der Waals surface area contributed by atoms with E-state index in [1.165, 1.54) is 18.3 Å². The van der Waals surface area contributed by atoms with E-state index in [4.69, 9.17) is 10.8 Å². The van der Waals surface area contributed by atoms with Crippen LogP contribution in [0.2, 0.25) is 0 Å². The monoisotopic (exact) mass is 375 g/mol. The Morgan fingerprint density at radius 2 is 1.78 bits per heavy atom. The van der Waals surface area contributed by atoms with Gasteiger partial charge in [0.1, 0.15) is 11.7 Å². The van der Waals surface area contributed by atoms with Crippen LogP contribution >= 0.6 is 0 Å². The molecule has 2 aromatic rings. The number of phenolic OH excluding ortho intramolecular Hbond substituents is 1. The number of nitrogens with one attached hydrogen (secondary N) is 1. The van der Waals surface area contributed by atoms with Crippen LogP contribution in [0.4, 0.5) is 18.9 Å². The molecule has 1 fully saturated rings. The maximum Gasteiger partial charge on any atom is 0.258 e. The summed E-state index contributed by atoms with van der Waals surface area (Å²) in [5, 5.41) is 11.6. The summed E-state index contributed by atoms with van der Waals surface area (Å²) in [6, 6.07) is 7.81. The van der Waals surface area contributed by atoms with E-state index in [-0.39, 0.29) is 11.5 Å². The molecule has 1 aliphatic rings. The van der Waals surface area contributed by atoms with E-state index in [2.05, 4.69) is 10.3 Å². The highest BCUT2D eigenvalue weighted by molar-refractivity contribution is 6.04. The Kier molecular flexibility index (Phi) is 4.89. The summed E-state index contributed by atoms with van der Waals surface area (Å²) in [7, 11) is 0. The number of aliphatic imine (C=N–C) groups is 1. The van der Waals surface area contributed by atoms with E-state index < -0.39 is 34.5 Å². The van der Waals surface area contributed by atoms with Gasteiger partial charge >= 0.3 is 0 Å². The number of amides is 1. The number of aromatic hydroxyl groups is 1. The van der Waals surface area contributed by atoms with Crippen LogP contribution in [0.3, 0.4) is 0 Å². The summed E-state index contributed by atoms with van der Waals surface area (Å²) in [6.45, 7) is 0. The number of nitrogens with two attached hydrogens (primary N) is 1. The molecule has 0 atom stereocenters. The van der Waals surface area contributed by atoms with Gasteiger partial charge in [0.2, 0.25) is 0 Å². The third-order valence-corrected chi connectivity index (χ3v) is 4.30. The van der Waals surface area contributed by atoms with Crippen molar-refractivity contribution in [2.75, 3.05) is 5.32 Å². The molecule has 0 radical (unpaired) electrons. The van der Waals surface area contributed by atoms with Gasteiger partial charge in [-0.05, 0) is 25.0 Å². The number of benzene rings is 2. The molecule has 0 aromatic heterocycles. The molecule has 1 aliphatic carbocycles. The fraction of sp³-hybridized carbons (Fsp3) is 0.158. The van der Waals surface area contributed by atoms with Crippen LogP contribution in [0, 0.1) is 17.5 Å². The van der Waals surface area contributed by atoms with Crippen molar-refractivity contribution in [3.63, 3.8) is 0 Å². The lowest BCUT2D eigenvalue weighted by molar-refractivity contribution is -0.120. The van der Waals surface area contributed by atoms with Crippen LogP contribution in [0.5, 0.6) is 5.75 Å². The first-order valence-corrected chi connectivity index (χ1v) is 8.08. The number of rotatable bonds is 5. The van der Waals surface area contributed by atoms with Crippen molar-refractivity contribution < 1.29 is 23.1 Å². The normalized spacial score (nSPS) is 15.7. The summed E-state index contributed by atoms with van der Waals surface area (Å²) in [5.74, 6) is -4.47. The average molecular weight is 375 g/mol. The van der Waals surface area contributed by atoms with Crippen LogP contribution in [-0.2, 0) is 10.2 Å². The van der Waals surface area contributed by atoms with Crippen molar-refractivity contribution in [2.45, 2.75) is 18.3 Å². The number of anilines is 1. The lowest BCUT2D eigenvalue weighted by atomic mass is 9.94. The number of halogens is 3. The predicted octanol–water partition coefficient (Wildman–Crippen LogP) is 3.35. The smallest absolute Gasteiger partial charge is 0.258 e. The third-order valence-electron chi connectivity index (χ3n) is 4.30. The van der Waals surface area contributed by atoms with Crippen LogP contribution in [0.25, 0.3) is 0 Å². The van der Waals surface area contributed by atoms with E-state index in [0.29, 0.717) is 18.4 Å². The van der Waals surface area contributed by atoms with Crippen LogP contribution in [0.15, 0.2) is 53.7 Å². The van der Waals surface area contributed by atoms with Gasteiger partial charge in [0, 0.05) is 29.6 Å². The fourth-order valence-corrected chi connectivity index (χ4v) is 2.71. The minimum Gasteiger partial charge on any atom is -0.503 e. The van der Waals surface area contributed by atoms with Gasteiger partial charge in [0.15, 0.2) is 17.4 Å². The molecular weight excluding hydrogens is 359 g/mol. The number of carbonyl (C=O) groups is 1. The second kappa shape index (κ2) is 7.14. The molecule has 5 nitrogen and oxygen atoms in total. The molecule has 0 saturated heterocycles. The minimum atomic E-state index is -1.12. The molecule has 0 spiro atoms. The standard InChI is InChI=1S/C19H16F3N3O2/c20-13-4-2-1-3-12(13)19(6-7-19)18(27)25-16(23)5-8-24-11-9-14(21)17(26)15(22)10-11/h1-5,8-10,24,26H,6-7H2,(H2,23,25,27)/b8-5-. The van der Waals surface area contributed by atoms with Gasteiger partial charge in [0.25, 0.3) is 5.91 Å². The van der Waals surface area contributed by atoms with E-state index in [1.54, 1.807) is 18.2 Å². The minimum absolute atomic E-state index is 0.0307. The summed E-state index contributed by atoms with van der Waals surface area (Å²) in [6.07, 6.45) is 3.44. The van der Waals surface area contributed by atoms with Gasteiger partial charge in [-0.15, -0.1) is 0 Å². The molecule has 27 heavy (non-hydrogen) atoms. The van der Waals surface area contributed by atoms with Gasteiger partial charge in [-0.25, -0.2) is 13.2 Å². The lowest BCUT2D eigenvalue weighted by Gasteiger charge is -2.12. The Balaban J connectivity index is 1.70. The Morgan fingerprint density at radius 1 is 1.15 bits per heavy atom. The van der Waals surface area contributed by atoms with Crippen molar-refractivity contribution in [1.29, 1.82) is 0 Å². The van der Waals surface area contributed by atoms with Crippen LogP contribution in [-0.4, -0.2) is 16.8 Å². The molecule has 1 amide bonds. The van der Waals surface area contributed by atoms with Gasteiger partial charge in [0.05, 0.1) is 5.41 Å². The molecule has 0 heterocycles. The molecule has 0 aliphatic heterocycles. The zero-order valence-corrected chi connectivity index (χ0v) is 14.0. The number of nitrogens with zero attached hydrogens (tertiary/aromatic N) is 1. The Hall–Kier alpha value is -3.29. The van der Waals surface area contributed by atoms with Gasteiger partial charge in [-0.1, -0.05) is 18.2 Å². The van der Waals surface area contributed by atoms with Gasteiger partial charge in [-0.2, -0.15) is 4.99 Å². The second-order valence-electron chi connectivity index (χ2n) is 6.17. The number of hydrogen-bond acceptors (Lipinski definition) is 3. The number of carbonyl (C=O) groups excluding carboxylic acids is 1. The number of amidine groups is 1. The van der Waals surface area contributed by atoms with Crippen molar-refractivity contribution in [1.82, 2.24) is 0 Å².